The Morgan fingerprint density at radius 1 is 1.24 bits per heavy atom. The number of anilines is 1. The highest BCUT2D eigenvalue weighted by molar-refractivity contribution is 6.35. The minimum atomic E-state index is -0.810. The summed E-state index contributed by atoms with van der Waals surface area (Å²) in [4.78, 5) is 16.8. The molecule has 0 fully saturated rings. The Hall–Kier alpha value is -2.04. The van der Waals surface area contributed by atoms with E-state index in [1.807, 2.05) is 37.3 Å². The van der Waals surface area contributed by atoms with Crippen LogP contribution in [0.5, 0.6) is 0 Å². The Labute approximate surface area is 154 Å². The molecule has 3 heterocycles. The van der Waals surface area contributed by atoms with Crippen LogP contribution in [-0.4, -0.2) is 22.3 Å². The third-order valence-electron chi connectivity index (χ3n) is 5.54. The predicted octanol–water partition coefficient (Wildman–Crippen LogP) is 4.87. The van der Waals surface area contributed by atoms with Gasteiger partial charge in [0.1, 0.15) is 5.69 Å². The molecule has 0 saturated carbocycles. The number of H-pyrrole nitrogens is 1. The summed E-state index contributed by atoms with van der Waals surface area (Å²) in [7, 11) is 0. The molecule has 6 heteroatoms. The lowest BCUT2D eigenvalue weighted by molar-refractivity contribution is -0.654. The van der Waals surface area contributed by atoms with Crippen LogP contribution in [0.3, 0.4) is 0 Å². The molecular formula is C19H16Cl2N3O+. The molecule has 0 bridgehead atoms. The number of rotatable bonds is 0. The quantitative estimate of drug-likeness (QED) is 0.553. The summed E-state index contributed by atoms with van der Waals surface area (Å²) in [6.45, 7) is 2.48. The number of nitroso groups, excluding NO2 is 1. The number of para-hydroxylation sites is 1. The highest BCUT2D eigenvalue weighted by Crippen LogP contribution is 2.49. The normalized spacial score (nSPS) is 24.4. The molecule has 2 aliphatic rings. The molecule has 2 N–H and O–H groups in total. The third-order valence-corrected chi connectivity index (χ3v) is 6.09. The maximum atomic E-state index is 13.3. The van der Waals surface area contributed by atoms with E-state index in [9.17, 15) is 4.91 Å². The second-order valence-corrected chi connectivity index (χ2v) is 7.77. The zero-order valence-electron chi connectivity index (χ0n) is 13.6. The minimum Gasteiger partial charge on any atom is -0.377 e. The van der Waals surface area contributed by atoms with Gasteiger partial charge in [0, 0.05) is 39.1 Å². The molecule has 25 heavy (non-hydrogen) atoms. The molecule has 2 aliphatic heterocycles. The topological polar surface area (TPSA) is 47.9 Å². The predicted molar refractivity (Wildman–Crippen MR) is 101 cm³/mol. The number of halogens is 2. The molecule has 5 rings (SSSR count). The van der Waals surface area contributed by atoms with Gasteiger partial charge < -0.3 is 10.3 Å². The van der Waals surface area contributed by atoms with Gasteiger partial charge in [-0.15, -0.1) is 0 Å². The molecule has 2 atom stereocenters. The van der Waals surface area contributed by atoms with Crippen molar-refractivity contribution in [2.75, 3.05) is 11.9 Å². The van der Waals surface area contributed by atoms with Crippen LogP contribution in [0.15, 0.2) is 36.4 Å². The first-order valence-electron chi connectivity index (χ1n) is 8.32. The van der Waals surface area contributed by atoms with Gasteiger partial charge in [0.15, 0.2) is 0 Å². The number of nitrogens with zero attached hydrogens (tertiary/aromatic N) is 1. The largest absolute Gasteiger partial charge is 0.377 e. The van der Waals surface area contributed by atoms with Crippen molar-refractivity contribution in [1.29, 1.82) is 0 Å². The summed E-state index contributed by atoms with van der Waals surface area (Å²) < 4.78 is 1.22. The van der Waals surface area contributed by atoms with Crippen molar-refractivity contribution in [3.05, 3.63) is 68.2 Å². The van der Waals surface area contributed by atoms with E-state index in [2.05, 4.69) is 16.4 Å². The van der Waals surface area contributed by atoms with Gasteiger partial charge >= 0.3 is 0 Å². The molecule has 4 nitrogen and oxygen atoms in total. The lowest BCUT2D eigenvalue weighted by Gasteiger charge is -2.28. The molecule has 2 aromatic carbocycles. The Morgan fingerprint density at radius 2 is 2.08 bits per heavy atom. The van der Waals surface area contributed by atoms with Crippen LogP contribution in [0.1, 0.15) is 23.7 Å². The number of aromatic nitrogens is 1. The first-order valence-corrected chi connectivity index (χ1v) is 9.08. The van der Waals surface area contributed by atoms with Gasteiger partial charge in [-0.25, -0.2) is 0 Å². The van der Waals surface area contributed by atoms with Crippen LogP contribution in [0.25, 0.3) is 10.9 Å². The van der Waals surface area contributed by atoms with Gasteiger partial charge in [-0.2, -0.15) is 0 Å². The molecule has 1 aromatic heterocycles. The summed E-state index contributed by atoms with van der Waals surface area (Å²) in [5.74, 6) is 0. The summed E-state index contributed by atoms with van der Waals surface area (Å²) in [6.07, 6.45) is 0.691. The summed E-state index contributed by atoms with van der Waals surface area (Å²) >= 11 is 12.7. The molecule has 0 aliphatic carbocycles. The van der Waals surface area contributed by atoms with E-state index in [-0.39, 0.29) is 6.04 Å². The summed E-state index contributed by atoms with van der Waals surface area (Å²) in [6, 6.07) is 11.4. The fraction of sp³-hybridized carbons (Fsp3) is 0.263. The molecule has 0 radical (unpaired) electrons. The van der Waals surface area contributed by atoms with E-state index >= 15 is 0 Å². The van der Waals surface area contributed by atoms with Crippen molar-refractivity contribution < 1.29 is 4.76 Å². The van der Waals surface area contributed by atoms with Crippen LogP contribution in [0, 0.1) is 4.91 Å². The summed E-state index contributed by atoms with van der Waals surface area (Å²) in [5.41, 5.74) is 4.06. The average molecular weight is 373 g/mol. The highest BCUT2D eigenvalue weighted by Gasteiger charge is 2.60. The SMILES string of the molecule is CC1Cc2c([nH]c3c(Cl)cccc23)C2(CNc3ccc(Cl)cc32)[N+]1=O. The van der Waals surface area contributed by atoms with Gasteiger partial charge in [-0.3, -0.25) is 0 Å². The first kappa shape index (κ1) is 15.2. The highest BCUT2D eigenvalue weighted by atomic mass is 35.5. The van der Waals surface area contributed by atoms with Crippen molar-refractivity contribution in [3.8, 4) is 0 Å². The maximum absolute atomic E-state index is 13.3. The first-order chi connectivity index (χ1) is 12.0. The van der Waals surface area contributed by atoms with Crippen LogP contribution in [0.2, 0.25) is 10.0 Å². The average Bonchev–Trinajstić information content (AvgIpc) is 3.14. The van der Waals surface area contributed by atoms with E-state index in [4.69, 9.17) is 23.2 Å². The lowest BCUT2D eigenvalue weighted by Crippen LogP contribution is -2.50. The van der Waals surface area contributed by atoms with E-state index in [0.717, 1.165) is 27.8 Å². The molecular weight excluding hydrogens is 357 g/mol. The maximum Gasteiger partial charge on any atom is 0.294 e. The molecule has 2 unspecified atom stereocenters. The Morgan fingerprint density at radius 3 is 2.92 bits per heavy atom. The molecule has 1 spiro atoms. The number of benzene rings is 2. The molecule has 0 saturated heterocycles. The van der Waals surface area contributed by atoms with Gasteiger partial charge in [-0.05, 0) is 29.8 Å². The Bertz CT molecular complexity index is 1060. The number of fused-ring (bicyclic) bond motifs is 6. The standard InChI is InChI=1S/C19H16Cl2N3O/c1-10-7-13-12-3-2-4-15(21)17(12)23-18(13)19(24(10)25)9-22-16-6-5-11(20)8-14(16)19/h2-6,8,10,22-23H,7,9H2,1H3/q+1. The van der Waals surface area contributed by atoms with Crippen LogP contribution in [-0.2, 0) is 12.0 Å². The van der Waals surface area contributed by atoms with E-state index < -0.39 is 5.54 Å². The van der Waals surface area contributed by atoms with Gasteiger partial charge in [0.05, 0.1) is 22.6 Å². The molecule has 0 amide bonds. The smallest absolute Gasteiger partial charge is 0.294 e. The number of hydrogen-bond donors (Lipinski definition) is 2. The Kier molecular flexibility index (Phi) is 3.04. The number of aromatic amines is 1. The van der Waals surface area contributed by atoms with Gasteiger partial charge in [0.25, 0.3) is 5.54 Å². The minimum absolute atomic E-state index is 0.141. The van der Waals surface area contributed by atoms with Crippen LogP contribution >= 0.6 is 23.2 Å². The van der Waals surface area contributed by atoms with E-state index in [0.29, 0.717) is 23.0 Å². The zero-order valence-corrected chi connectivity index (χ0v) is 15.1. The van der Waals surface area contributed by atoms with E-state index in [1.165, 1.54) is 10.3 Å². The number of nitrogens with one attached hydrogen (secondary N) is 2. The second kappa shape index (κ2) is 4.99. The Balaban J connectivity index is 1.89. The fourth-order valence-electron chi connectivity index (χ4n) is 4.42. The summed E-state index contributed by atoms with van der Waals surface area (Å²) in [5, 5.41) is 5.78. The number of hydrogen-bond acceptors (Lipinski definition) is 2. The van der Waals surface area contributed by atoms with Crippen LogP contribution in [0.4, 0.5) is 5.69 Å². The van der Waals surface area contributed by atoms with Crippen molar-refractivity contribution in [2.45, 2.75) is 24.9 Å². The van der Waals surface area contributed by atoms with Crippen molar-refractivity contribution in [1.82, 2.24) is 4.98 Å². The van der Waals surface area contributed by atoms with Gasteiger partial charge in [-0.1, -0.05) is 35.3 Å². The molecule has 3 aromatic rings. The molecule has 126 valence electrons. The third kappa shape index (κ3) is 1.84. The van der Waals surface area contributed by atoms with Crippen molar-refractivity contribution in [2.24, 2.45) is 0 Å². The zero-order chi connectivity index (χ0) is 17.3. The fourth-order valence-corrected chi connectivity index (χ4v) is 4.81. The second-order valence-electron chi connectivity index (χ2n) is 6.92. The van der Waals surface area contributed by atoms with Gasteiger partial charge in [0.2, 0.25) is 6.04 Å². The lowest BCUT2D eigenvalue weighted by atomic mass is 9.80. The van der Waals surface area contributed by atoms with E-state index in [1.54, 1.807) is 0 Å². The monoisotopic (exact) mass is 372 g/mol. The van der Waals surface area contributed by atoms with Crippen molar-refractivity contribution in [3.63, 3.8) is 0 Å². The van der Waals surface area contributed by atoms with Crippen LogP contribution < -0.4 is 5.32 Å². The van der Waals surface area contributed by atoms with Crippen molar-refractivity contribution >= 4 is 39.8 Å².